The molecule has 0 heteroatoms. The third-order valence-electron chi connectivity index (χ3n) is 8.89. The predicted octanol–water partition coefficient (Wildman–Crippen LogP) is 10.5. The third-order valence-corrected chi connectivity index (χ3v) is 8.89. The monoisotopic (exact) mass is 436 g/mol. The van der Waals surface area contributed by atoms with E-state index in [0.717, 1.165) is 5.92 Å². The van der Waals surface area contributed by atoms with E-state index in [1.165, 1.54) is 81.8 Å². The fraction of sp³-hybridized carbons (Fsp3) is 0.688. The fourth-order valence-electron chi connectivity index (χ4n) is 6.19. The Morgan fingerprint density at radius 1 is 1.09 bits per heavy atom. The van der Waals surface area contributed by atoms with Crippen molar-refractivity contribution in [3.8, 4) is 0 Å². The molecule has 0 aromatic rings. The molecule has 0 nitrogen and oxygen atoms in total. The van der Waals surface area contributed by atoms with Gasteiger partial charge in [0, 0.05) is 0 Å². The minimum atomic E-state index is 0.369. The van der Waals surface area contributed by atoms with Crippen LogP contribution >= 0.6 is 0 Å². The van der Waals surface area contributed by atoms with Crippen molar-refractivity contribution < 1.29 is 0 Å². The molecule has 3 aliphatic carbocycles. The summed E-state index contributed by atoms with van der Waals surface area (Å²) in [6.07, 6.45) is 26.5. The number of hydrogen-bond donors (Lipinski definition) is 0. The van der Waals surface area contributed by atoms with Crippen molar-refractivity contribution in [3.05, 3.63) is 59.3 Å². The van der Waals surface area contributed by atoms with Crippen LogP contribution in [0.15, 0.2) is 59.3 Å². The number of rotatable bonds is 7. The van der Waals surface area contributed by atoms with Gasteiger partial charge in [0.2, 0.25) is 0 Å². The molecule has 3 atom stereocenters. The van der Waals surface area contributed by atoms with Crippen molar-refractivity contribution in [1.29, 1.82) is 0 Å². The van der Waals surface area contributed by atoms with Gasteiger partial charge in [0.15, 0.2) is 0 Å². The lowest BCUT2D eigenvalue weighted by atomic mass is 9.62. The normalized spacial score (nSPS) is 29.7. The summed E-state index contributed by atoms with van der Waals surface area (Å²) in [5.41, 5.74) is 7.08. The maximum atomic E-state index is 4.32. The van der Waals surface area contributed by atoms with Crippen molar-refractivity contribution in [1.82, 2.24) is 0 Å². The van der Waals surface area contributed by atoms with Crippen molar-refractivity contribution in [2.24, 2.45) is 22.7 Å². The highest BCUT2D eigenvalue weighted by Crippen LogP contribution is 2.57. The molecule has 2 saturated carbocycles. The van der Waals surface area contributed by atoms with Crippen LogP contribution in [0, 0.1) is 22.7 Å². The average molecular weight is 437 g/mol. The first-order valence-electron chi connectivity index (χ1n) is 13.8. The molecule has 0 amide bonds. The van der Waals surface area contributed by atoms with E-state index in [4.69, 9.17) is 0 Å². The van der Waals surface area contributed by atoms with Gasteiger partial charge < -0.3 is 0 Å². The molecule has 0 N–H and O–H groups in total. The van der Waals surface area contributed by atoms with Crippen molar-refractivity contribution >= 4 is 0 Å². The molecule has 0 bridgehead atoms. The van der Waals surface area contributed by atoms with Crippen molar-refractivity contribution in [3.63, 3.8) is 0 Å². The van der Waals surface area contributed by atoms with E-state index in [1.54, 1.807) is 11.1 Å². The Balaban J connectivity index is 0.00000176. The van der Waals surface area contributed by atoms with Gasteiger partial charge in [-0.05, 0) is 98.9 Å². The van der Waals surface area contributed by atoms with E-state index in [2.05, 4.69) is 71.6 Å². The van der Waals surface area contributed by atoms with Gasteiger partial charge in [-0.1, -0.05) is 102 Å². The molecular formula is C32H52. The molecule has 0 heterocycles. The topological polar surface area (TPSA) is 0 Å². The van der Waals surface area contributed by atoms with Crippen LogP contribution < -0.4 is 0 Å². The quantitative estimate of drug-likeness (QED) is 0.348. The lowest BCUT2D eigenvalue weighted by molar-refractivity contribution is 0.218. The van der Waals surface area contributed by atoms with Crippen LogP contribution in [0.25, 0.3) is 0 Å². The Bertz CT molecular complexity index is 736. The molecule has 180 valence electrons. The summed E-state index contributed by atoms with van der Waals surface area (Å²) < 4.78 is 0. The molecule has 0 aromatic heterocycles. The second-order valence-corrected chi connectivity index (χ2v) is 10.9. The van der Waals surface area contributed by atoms with Gasteiger partial charge >= 0.3 is 0 Å². The van der Waals surface area contributed by atoms with E-state index in [9.17, 15) is 0 Å². The van der Waals surface area contributed by atoms with E-state index in [1.807, 2.05) is 13.8 Å². The smallest absolute Gasteiger partial charge is 0.00450 e. The summed E-state index contributed by atoms with van der Waals surface area (Å²) >= 11 is 0. The van der Waals surface area contributed by atoms with Gasteiger partial charge in [-0.15, -0.1) is 0 Å². The number of allylic oxidation sites excluding steroid dienone is 9. The minimum absolute atomic E-state index is 0.369. The summed E-state index contributed by atoms with van der Waals surface area (Å²) in [5.74, 6) is 1.38. The van der Waals surface area contributed by atoms with Gasteiger partial charge in [0.25, 0.3) is 0 Å². The van der Waals surface area contributed by atoms with Gasteiger partial charge in [-0.2, -0.15) is 0 Å². The van der Waals surface area contributed by atoms with Gasteiger partial charge in [0.05, 0.1) is 0 Å². The molecule has 0 aliphatic heterocycles. The lowest BCUT2D eigenvalue weighted by Crippen LogP contribution is -2.32. The molecular weight excluding hydrogens is 384 g/mol. The zero-order valence-electron chi connectivity index (χ0n) is 22.5. The van der Waals surface area contributed by atoms with Gasteiger partial charge in [0.1, 0.15) is 0 Å². The third kappa shape index (κ3) is 6.18. The van der Waals surface area contributed by atoms with Crippen LogP contribution in [0.1, 0.15) is 119 Å². The second kappa shape index (κ2) is 12.2. The van der Waals surface area contributed by atoms with Crippen LogP contribution in [-0.2, 0) is 0 Å². The summed E-state index contributed by atoms with van der Waals surface area (Å²) in [4.78, 5) is 0. The van der Waals surface area contributed by atoms with Gasteiger partial charge in [-0.25, -0.2) is 0 Å². The van der Waals surface area contributed by atoms with Crippen LogP contribution in [-0.4, -0.2) is 0 Å². The Hall–Kier alpha value is -1.30. The van der Waals surface area contributed by atoms with E-state index >= 15 is 0 Å². The Kier molecular flexibility index (Phi) is 10.3. The first-order chi connectivity index (χ1) is 15.3. The highest BCUT2D eigenvalue weighted by molar-refractivity contribution is 5.38. The zero-order chi connectivity index (χ0) is 23.8. The van der Waals surface area contributed by atoms with E-state index < -0.39 is 0 Å². The molecule has 0 radical (unpaired) electrons. The molecule has 3 aliphatic rings. The Labute approximate surface area is 201 Å². The molecule has 0 saturated heterocycles. The molecule has 2 fully saturated rings. The Morgan fingerprint density at radius 2 is 1.78 bits per heavy atom. The molecule has 3 rings (SSSR count). The highest BCUT2D eigenvalue weighted by Gasteiger charge is 2.45. The molecule has 0 spiro atoms. The number of hydrogen-bond acceptors (Lipinski definition) is 0. The average Bonchev–Trinajstić information content (AvgIpc) is 3.17. The standard InChI is InChI=1S/C30H46.C2H6/c1-7-29(5,8-2)21-11-14-24(4)27-19-20-28-26(16-12-22-30(27,28)6)18-17-25-15-10-9-13-23(25)3;1-2/h11,17-19,21,24,28H,3,7-10,12-16,20,22H2,1-2,4-6H3;1-2H3/b21-11+,25-17-,26-18+;/t24?,28?,30-;/m1./s1. The lowest BCUT2D eigenvalue weighted by Gasteiger charge is -2.42. The van der Waals surface area contributed by atoms with Crippen LogP contribution in [0.3, 0.4) is 0 Å². The summed E-state index contributed by atoms with van der Waals surface area (Å²) in [6, 6.07) is 0. The zero-order valence-corrected chi connectivity index (χ0v) is 22.5. The maximum Gasteiger partial charge on any atom is -0.00450 e. The largest absolute Gasteiger partial charge is 0.0956 e. The van der Waals surface area contributed by atoms with Crippen molar-refractivity contribution in [2.75, 3.05) is 0 Å². The first-order valence-corrected chi connectivity index (χ1v) is 13.8. The predicted molar refractivity (Wildman–Crippen MR) is 145 cm³/mol. The Morgan fingerprint density at radius 3 is 2.44 bits per heavy atom. The van der Waals surface area contributed by atoms with Crippen LogP contribution in [0.5, 0.6) is 0 Å². The van der Waals surface area contributed by atoms with E-state index in [0.29, 0.717) is 16.7 Å². The first kappa shape index (κ1) is 26.9. The molecule has 0 aromatic carbocycles. The minimum Gasteiger partial charge on any atom is -0.0956 e. The summed E-state index contributed by atoms with van der Waals surface area (Å²) in [5, 5.41) is 0. The van der Waals surface area contributed by atoms with Crippen LogP contribution in [0.4, 0.5) is 0 Å². The summed E-state index contributed by atoms with van der Waals surface area (Å²) in [6.45, 7) is 20.4. The molecule has 2 unspecified atom stereocenters. The summed E-state index contributed by atoms with van der Waals surface area (Å²) in [7, 11) is 0. The molecule has 32 heavy (non-hydrogen) atoms. The second-order valence-electron chi connectivity index (χ2n) is 10.9. The van der Waals surface area contributed by atoms with Gasteiger partial charge in [-0.3, -0.25) is 0 Å². The maximum absolute atomic E-state index is 4.32. The SMILES string of the molecule is C=C1CCCC/C1=C/C=C1\CCC[C@]2(C)C(C(C)C/C=C/C(C)(CC)CC)=CCC12.CC. The van der Waals surface area contributed by atoms with E-state index in [-0.39, 0.29) is 0 Å². The number of fused-ring (bicyclic) bond motifs is 1. The van der Waals surface area contributed by atoms with Crippen LogP contribution in [0.2, 0.25) is 0 Å². The highest BCUT2D eigenvalue weighted by atomic mass is 14.5. The van der Waals surface area contributed by atoms with Crippen molar-refractivity contribution in [2.45, 2.75) is 119 Å². The fourth-order valence-corrected chi connectivity index (χ4v) is 6.19.